The van der Waals surface area contributed by atoms with Gasteiger partial charge in [-0.25, -0.2) is 4.98 Å². The molecule has 0 unspecified atom stereocenters. The van der Waals surface area contributed by atoms with E-state index < -0.39 is 0 Å². The first kappa shape index (κ1) is 12.6. The van der Waals surface area contributed by atoms with E-state index in [0.29, 0.717) is 6.61 Å². The molecule has 19 heavy (non-hydrogen) atoms. The van der Waals surface area contributed by atoms with Crippen LogP contribution in [0.2, 0.25) is 0 Å². The van der Waals surface area contributed by atoms with Crippen LogP contribution in [-0.2, 0) is 0 Å². The summed E-state index contributed by atoms with van der Waals surface area (Å²) in [6.07, 6.45) is 4.14. The number of hydrogen-bond acceptors (Lipinski definition) is 3. The molecule has 1 aromatic carbocycles. The molecule has 5 heteroatoms. The fourth-order valence-corrected chi connectivity index (χ4v) is 3.33. The standard InChI is InChI=1S/C14H13IN2O2/c18-7-8-19-12-3-1-11(2-4-12)13-9-17-10-15-6-5-14(17)16-13/h1-6,9-10,18H,7-8H2. The Morgan fingerprint density at radius 1 is 1.26 bits per heavy atom. The maximum atomic E-state index is 8.71. The maximum Gasteiger partial charge on any atom is 0.138 e. The Hall–Kier alpha value is -1.47. The Balaban J connectivity index is 1.84. The molecular weight excluding hydrogens is 355 g/mol. The second kappa shape index (κ2) is 5.66. The lowest BCUT2D eigenvalue weighted by atomic mass is 10.2. The number of ether oxygens (including phenoxy) is 1. The van der Waals surface area contributed by atoms with Gasteiger partial charge in [0.05, 0.1) is 12.3 Å². The van der Waals surface area contributed by atoms with Crippen molar-refractivity contribution in [3.05, 3.63) is 40.4 Å². The van der Waals surface area contributed by atoms with E-state index in [4.69, 9.17) is 9.84 Å². The number of halogens is 1. The van der Waals surface area contributed by atoms with Crippen LogP contribution in [0.1, 0.15) is 5.82 Å². The van der Waals surface area contributed by atoms with Gasteiger partial charge in [0.15, 0.2) is 0 Å². The van der Waals surface area contributed by atoms with Crippen molar-refractivity contribution in [2.24, 2.45) is 0 Å². The number of fused-ring (bicyclic) bond motifs is 1. The highest BCUT2D eigenvalue weighted by Crippen LogP contribution is 2.23. The van der Waals surface area contributed by atoms with Crippen molar-refractivity contribution in [3.8, 4) is 17.0 Å². The first-order valence-electron chi connectivity index (χ1n) is 5.91. The van der Waals surface area contributed by atoms with E-state index in [1.54, 1.807) is 0 Å². The molecule has 98 valence electrons. The first-order chi connectivity index (χ1) is 9.36. The quantitative estimate of drug-likeness (QED) is 0.844. The van der Waals surface area contributed by atoms with Crippen molar-refractivity contribution < 1.29 is 9.84 Å². The Kier molecular flexibility index (Phi) is 3.74. The van der Waals surface area contributed by atoms with Gasteiger partial charge in [-0.1, -0.05) is 20.7 Å². The van der Waals surface area contributed by atoms with Gasteiger partial charge < -0.3 is 14.4 Å². The molecule has 0 saturated carbocycles. The van der Waals surface area contributed by atoms with Gasteiger partial charge in [0.1, 0.15) is 18.2 Å². The molecule has 0 spiro atoms. The SMILES string of the molecule is OCCOc1ccc(-c2cn3c(n2)C=CI=C3)cc1. The van der Waals surface area contributed by atoms with Crippen molar-refractivity contribution in [1.29, 1.82) is 0 Å². The van der Waals surface area contributed by atoms with E-state index in [1.807, 2.05) is 24.3 Å². The van der Waals surface area contributed by atoms with E-state index in [0.717, 1.165) is 22.8 Å². The molecule has 0 radical (unpaired) electrons. The molecule has 1 aliphatic heterocycles. The van der Waals surface area contributed by atoms with Crippen molar-refractivity contribution in [3.63, 3.8) is 0 Å². The molecule has 1 N–H and O–H groups in total. The molecule has 0 amide bonds. The topological polar surface area (TPSA) is 47.3 Å². The van der Waals surface area contributed by atoms with Crippen molar-refractivity contribution in [2.75, 3.05) is 13.2 Å². The number of aromatic nitrogens is 2. The van der Waals surface area contributed by atoms with Crippen LogP contribution in [0.3, 0.4) is 0 Å². The minimum absolute atomic E-state index is 0.0285. The highest BCUT2D eigenvalue weighted by Gasteiger charge is 2.07. The first-order valence-corrected chi connectivity index (χ1v) is 8.41. The van der Waals surface area contributed by atoms with E-state index >= 15 is 0 Å². The average Bonchev–Trinajstić information content (AvgIpc) is 2.89. The number of benzene rings is 1. The smallest absolute Gasteiger partial charge is 0.138 e. The Bertz CT molecular complexity index is 600. The van der Waals surface area contributed by atoms with Gasteiger partial charge in [0.2, 0.25) is 0 Å². The van der Waals surface area contributed by atoms with Gasteiger partial charge in [-0.3, -0.25) is 0 Å². The second-order valence-corrected chi connectivity index (χ2v) is 6.00. The predicted octanol–water partition coefficient (Wildman–Crippen LogP) is 2.48. The molecule has 3 rings (SSSR count). The highest BCUT2D eigenvalue weighted by molar-refractivity contribution is 14.2. The zero-order valence-electron chi connectivity index (χ0n) is 10.2. The number of hydrogen-bond donors (Lipinski definition) is 1. The summed E-state index contributed by atoms with van der Waals surface area (Å²) in [6.45, 7) is 0.350. The largest absolute Gasteiger partial charge is 0.491 e. The molecule has 0 atom stereocenters. The van der Waals surface area contributed by atoms with E-state index in [2.05, 4.69) is 30.0 Å². The van der Waals surface area contributed by atoms with Gasteiger partial charge in [-0.05, 0) is 34.4 Å². The van der Waals surface area contributed by atoms with Crippen molar-refractivity contribution in [1.82, 2.24) is 9.55 Å². The molecule has 0 bridgehead atoms. The van der Waals surface area contributed by atoms with Crippen LogP contribution < -0.4 is 4.74 Å². The van der Waals surface area contributed by atoms with E-state index in [-0.39, 0.29) is 27.3 Å². The molecule has 1 aliphatic rings. The summed E-state index contributed by atoms with van der Waals surface area (Å²) in [5, 5.41) is 8.71. The summed E-state index contributed by atoms with van der Waals surface area (Å²) in [7, 11) is 0. The van der Waals surface area contributed by atoms with E-state index in [1.165, 1.54) is 0 Å². The number of aliphatic hydroxyl groups excluding tert-OH is 1. The van der Waals surface area contributed by atoms with Crippen LogP contribution in [-0.4, -0.2) is 32.0 Å². The van der Waals surface area contributed by atoms with Crippen LogP contribution in [0.15, 0.2) is 34.5 Å². The lowest BCUT2D eigenvalue weighted by Crippen LogP contribution is -2.01. The van der Waals surface area contributed by atoms with Crippen LogP contribution in [0, 0.1) is 0 Å². The third-order valence-corrected chi connectivity index (χ3v) is 4.41. The zero-order chi connectivity index (χ0) is 13.1. The summed E-state index contributed by atoms with van der Waals surface area (Å²) in [5.74, 6) is 1.75. The van der Waals surface area contributed by atoms with Gasteiger partial charge in [-0.15, -0.1) is 0 Å². The molecule has 4 nitrogen and oxygen atoms in total. The molecular formula is C14H13IN2O2. The van der Waals surface area contributed by atoms with Gasteiger partial charge in [-0.2, -0.15) is 0 Å². The normalized spacial score (nSPS) is 12.9. The van der Waals surface area contributed by atoms with Crippen LogP contribution >= 0.6 is 20.7 Å². The third-order valence-electron chi connectivity index (χ3n) is 2.72. The van der Waals surface area contributed by atoms with Crippen molar-refractivity contribution >= 4 is 30.9 Å². The second-order valence-electron chi connectivity index (χ2n) is 4.00. The number of imidazole rings is 1. The van der Waals surface area contributed by atoms with Gasteiger partial charge in [0, 0.05) is 15.9 Å². The minimum Gasteiger partial charge on any atom is -0.491 e. The Morgan fingerprint density at radius 3 is 2.84 bits per heavy atom. The summed E-state index contributed by atoms with van der Waals surface area (Å²) in [4.78, 5) is 4.59. The van der Waals surface area contributed by atoms with Crippen LogP contribution in [0.4, 0.5) is 0 Å². The summed E-state index contributed by atoms with van der Waals surface area (Å²) >= 11 is 0.0302. The van der Waals surface area contributed by atoms with Crippen molar-refractivity contribution in [2.45, 2.75) is 0 Å². The van der Waals surface area contributed by atoms with Crippen LogP contribution in [0.5, 0.6) is 5.75 Å². The minimum atomic E-state index is 0.0285. The van der Waals surface area contributed by atoms with Crippen LogP contribution in [0.25, 0.3) is 17.3 Å². The van der Waals surface area contributed by atoms with Gasteiger partial charge in [0.25, 0.3) is 0 Å². The maximum absolute atomic E-state index is 8.71. The summed E-state index contributed by atoms with van der Waals surface area (Å²) in [6, 6.07) is 7.77. The Morgan fingerprint density at radius 2 is 2.11 bits per heavy atom. The molecule has 0 fully saturated rings. The zero-order valence-corrected chi connectivity index (χ0v) is 12.3. The lowest BCUT2D eigenvalue weighted by molar-refractivity contribution is 0.201. The fraction of sp³-hybridized carbons (Fsp3) is 0.143. The predicted molar refractivity (Wildman–Crippen MR) is 84.8 cm³/mol. The highest BCUT2D eigenvalue weighted by atomic mass is 127. The number of rotatable bonds is 4. The third kappa shape index (κ3) is 2.76. The molecule has 2 heterocycles. The monoisotopic (exact) mass is 368 g/mol. The fourth-order valence-electron chi connectivity index (χ4n) is 1.82. The number of nitrogens with zero attached hydrogens (tertiary/aromatic N) is 2. The molecule has 2 aromatic rings. The summed E-state index contributed by atoms with van der Waals surface area (Å²) in [5.41, 5.74) is 2.04. The molecule has 0 aliphatic carbocycles. The lowest BCUT2D eigenvalue weighted by Gasteiger charge is -2.04. The molecule has 0 saturated heterocycles. The average molecular weight is 368 g/mol. The molecule has 1 aromatic heterocycles. The van der Waals surface area contributed by atoms with E-state index in [9.17, 15) is 0 Å². The number of aliphatic hydroxyl groups is 1. The summed E-state index contributed by atoms with van der Waals surface area (Å²) < 4.78 is 11.9. The van der Waals surface area contributed by atoms with Gasteiger partial charge >= 0.3 is 0 Å². The Labute approximate surface area is 121 Å².